The molecule has 0 aliphatic heterocycles. The summed E-state index contributed by atoms with van der Waals surface area (Å²) in [4.78, 5) is 24.3. The standard InChI is InChI=1S/C18H17Cl2NO4/c1-11(25-18(23)16-14(19)4-3-5-15(16)20)17(22)21-10-12-6-8-13(24-2)9-7-12/h3-9,11H,10H2,1-2H3,(H,21,22)/t11-/m1/s1. The van der Waals surface area contributed by atoms with Gasteiger partial charge in [0.2, 0.25) is 0 Å². The van der Waals surface area contributed by atoms with Gasteiger partial charge in [0.15, 0.2) is 6.10 Å². The second-order valence-corrected chi connectivity index (χ2v) is 6.02. The lowest BCUT2D eigenvalue weighted by molar-refractivity contribution is -0.129. The van der Waals surface area contributed by atoms with Gasteiger partial charge in [0.05, 0.1) is 22.7 Å². The Hall–Kier alpha value is -2.24. The molecule has 0 unspecified atom stereocenters. The van der Waals surface area contributed by atoms with Crippen molar-refractivity contribution in [2.45, 2.75) is 19.6 Å². The average Bonchev–Trinajstić information content (AvgIpc) is 2.59. The first-order valence-electron chi connectivity index (χ1n) is 7.48. The minimum absolute atomic E-state index is 0.0423. The molecule has 5 nitrogen and oxygen atoms in total. The molecule has 7 heteroatoms. The van der Waals surface area contributed by atoms with Crippen molar-refractivity contribution in [3.05, 3.63) is 63.6 Å². The van der Waals surface area contributed by atoms with Crippen LogP contribution in [0.4, 0.5) is 0 Å². The molecule has 1 amide bonds. The zero-order valence-corrected chi connectivity index (χ0v) is 15.2. The molecule has 0 aromatic heterocycles. The van der Waals surface area contributed by atoms with E-state index in [0.29, 0.717) is 6.54 Å². The molecule has 25 heavy (non-hydrogen) atoms. The summed E-state index contributed by atoms with van der Waals surface area (Å²) in [5, 5.41) is 3.04. The number of benzene rings is 2. The predicted molar refractivity (Wildman–Crippen MR) is 96.2 cm³/mol. The molecule has 1 N–H and O–H groups in total. The fourth-order valence-corrected chi connectivity index (χ4v) is 2.59. The highest BCUT2D eigenvalue weighted by Gasteiger charge is 2.22. The first kappa shape index (κ1) is 19.1. The van der Waals surface area contributed by atoms with Crippen LogP contribution in [0.1, 0.15) is 22.8 Å². The van der Waals surface area contributed by atoms with E-state index < -0.39 is 18.0 Å². The van der Waals surface area contributed by atoms with Gasteiger partial charge in [0.25, 0.3) is 5.91 Å². The number of halogens is 2. The topological polar surface area (TPSA) is 64.6 Å². The third kappa shape index (κ3) is 5.11. The Balaban J connectivity index is 1.92. The molecule has 0 saturated heterocycles. The van der Waals surface area contributed by atoms with Crippen LogP contribution in [0.25, 0.3) is 0 Å². The van der Waals surface area contributed by atoms with Gasteiger partial charge in [0, 0.05) is 6.54 Å². The minimum Gasteiger partial charge on any atom is -0.497 e. The Labute approximate surface area is 155 Å². The van der Waals surface area contributed by atoms with Crippen molar-refractivity contribution in [2.75, 3.05) is 7.11 Å². The summed E-state index contributed by atoms with van der Waals surface area (Å²) in [5.41, 5.74) is 0.933. The number of carbonyl (C=O) groups is 2. The summed E-state index contributed by atoms with van der Waals surface area (Å²) >= 11 is 11.9. The van der Waals surface area contributed by atoms with Crippen molar-refractivity contribution >= 4 is 35.1 Å². The highest BCUT2D eigenvalue weighted by molar-refractivity contribution is 6.39. The number of nitrogens with one attached hydrogen (secondary N) is 1. The molecular formula is C18H17Cl2NO4. The zero-order valence-electron chi connectivity index (χ0n) is 13.7. The number of amides is 1. The van der Waals surface area contributed by atoms with Crippen molar-refractivity contribution < 1.29 is 19.1 Å². The fourth-order valence-electron chi connectivity index (χ4n) is 2.04. The summed E-state index contributed by atoms with van der Waals surface area (Å²) in [6.45, 7) is 1.78. The number of carbonyl (C=O) groups excluding carboxylic acids is 2. The van der Waals surface area contributed by atoms with E-state index in [1.54, 1.807) is 25.3 Å². The number of hydrogen-bond donors (Lipinski definition) is 1. The van der Waals surface area contributed by atoms with Crippen LogP contribution in [0.15, 0.2) is 42.5 Å². The maximum Gasteiger partial charge on any atom is 0.341 e. The Morgan fingerprint density at radius 3 is 2.24 bits per heavy atom. The van der Waals surface area contributed by atoms with E-state index >= 15 is 0 Å². The summed E-state index contributed by atoms with van der Waals surface area (Å²) in [6.07, 6.45) is -0.988. The lowest BCUT2D eigenvalue weighted by Gasteiger charge is -2.14. The molecule has 2 aromatic rings. The first-order valence-corrected chi connectivity index (χ1v) is 8.23. The highest BCUT2D eigenvalue weighted by Crippen LogP contribution is 2.25. The quantitative estimate of drug-likeness (QED) is 0.771. The van der Waals surface area contributed by atoms with Crippen LogP contribution in [0, 0.1) is 0 Å². The van der Waals surface area contributed by atoms with Gasteiger partial charge in [-0.3, -0.25) is 4.79 Å². The van der Waals surface area contributed by atoms with Crippen molar-refractivity contribution in [3.63, 3.8) is 0 Å². The Morgan fingerprint density at radius 1 is 1.08 bits per heavy atom. The van der Waals surface area contributed by atoms with E-state index in [9.17, 15) is 9.59 Å². The molecule has 0 bridgehead atoms. The smallest absolute Gasteiger partial charge is 0.341 e. The molecule has 2 rings (SSSR count). The predicted octanol–water partition coefficient (Wildman–Crippen LogP) is 3.86. The molecule has 0 aliphatic rings. The van der Waals surface area contributed by atoms with Gasteiger partial charge in [0.1, 0.15) is 5.75 Å². The van der Waals surface area contributed by atoms with Gasteiger partial charge in [-0.15, -0.1) is 0 Å². The van der Waals surface area contributed by atoms with Crippen LogP contribution >= 0.6 is 23.2 Å². The SMILES string of the molecule is COc1ccc(CNC(=O)[C@@H](C)OC(=O)c2c(Cl)cccc2Cl)cc1. The van der Waals surface area contributed by atoms with E-state index in [-0.39, 0.29) is 15.6 Å². The van der Waals surface area contributed by atoms with E-state index in [0.717, 1.165) is 11.3 Å². The third-order valence-corrected chi connectivity index (χ3v) is 4.08. The summed E-state index contributed by atoms with van der Waals surface area (Å²) < 4.78 is 10.2. The number of hydrogen-bond acceptors (Lipinski definition) is 4. The average molecular weight is 382 g/mol. The maximum atomic E-state index is 12.2. The molecular weight excluding hydrogens is 365 g/mol. The van der Waals surface area contributed by atoms with Gasteiger partial charge in [-0.1, -0.05) is 41.4 Å². The summed E-state index contributed by atoms with van der Waals surface area (Å²) in [7, 11) is 1.58. The van der Waals surface area contributed by atoms with Crippen LogP contribution in [-0.2, 0) is 16.1 Å². The molecule has 132 valence electrons. The van der Waals surface area contributed by atoms with Gasteiger partial charge >= 0.3 is 5.97 Å². The lowest BCUT2D eigenvalue weighted by atomic mass is 10.2. The van der Waals surface area contributed by atoms with Crippen LogP contribution < -0.4 is 10.1 Å². The Kier molecular flexibility index (Phi) is 6.67. The molecule has 0 heterocycles. The van der Waals surface area contributed by atoms with Gasteiger partial charge < -0.3 is 14.8 Å². The van der Waals surface area contributed by atoms with Crippen LogP contribution in [0.5, 0.6) is 5.75 Å². The van der Waals surface area contributed by atoms with Crippen molar-refractivity contribution in [1.82, 2.24) is 5.32 Å². The molecule has 0 saturated carbocycles. The van der Waals surface area contributed by atoms with E-state index in [1.807, 2.05) is 12.1 Å². The lowest BCUT2D eigenvalue weighted by Crippen LogP contribution is -2.35. The second kappa shape index (κ2) is 8.74. The van der Waals surface area contributed by atoms with Crippen molar-refractivity contribution in [1.29, 1.82) is 0 Å². The number of ether oxygens (including phenoxy) is 2. The Morgan fingerprint density at radius 2 is 1.68 bits per heavy atom. The molecule has 0 fully saturated rings. The summed E-state index contributed by atoms with van der Waals surface area (Å²) in [5.74, 6) is -0.441. The molecule has 0 aliphatic carbocycles. The molecule has 2 aromatic carbocycles. The van der Waals surface area contributed by atoms with E-state index in [1.165, 1.54) is 19.1 Å². The largest absolute Gasteiger partial charge is 0.497 e. The second-order valence-electron chi connectivity index (χ2n) is 5.21. The number of esters is 1. The molecule has 0 spiro atoms. The minimum atomic E-state index is -0.988. The fraction of sp³-hybridized carbons (Fsp3) is 0.222. The van der Waals surface area contributed by atoms with E-state index in [4.69, 9.17) is 32.7 Å². The van der Waals surface area contributed by atoms with Crippen molar-refractivity contribution in [3.8, 4) is 5.75 Å². The maximum absolute atomic E-state index is 12.2. The normalized spacial score (nSPS) is 11.5. The summed E-state index contributed by atoms with van der Waals surface area (Å²) in [6, 6.07) is 11.9. The van der Waals surface area contributed by atoms with Crippen LogP contribution in [-0.4, -0.2) is 25.1 Å². The van der Waals surface area contributed by atoms with Crippen LogP contribution in [0.2, 0.25) is 10.0 Å². The van der Waals surface area contributed by atoms with Gasteiger partial charge in [-0.2, -0.15) is 0 Å². The van der Waals surface area contributed by atoms with E-state index in [2.05, 4.69) is 5.32 Å². The zero-order chi connectivity index (χ0) is 18.4. The van der Waals surface area contributed by atoms with Crippen LogP contribution in [0.3, 0.4) is 0 Å². The highest BCUT2D eigenvalue weighted by atomic mass is 35.5. The molecule has 0 radical (unpaired) electrons. The van der Waals surface area contributed by atoms with Crippen molar-refractivity contribution in [2.24, 2.45) is 0 Å². The van der Waals surface area contributed by atoms with Gasteiger partial charge in [-0.25, -0.2) is 4.79 Å². The number of rotatable bonds is 6. The Bertz CT molecular complexity index is 742. The first-order chi connectivity index (χ1) is 11.9. The van der Waals surface area contributed by atoms with Gasteiger partial charge in [-0.05, 0) is 36.8 Å². The third-order valence-electron chi connectivity index (χ3n) is 3.45. The molecule has 1 atom stereocenters. The number of methoxy groups -OCH3 is 1. The monoisotopic (exact) mass is 381 g/mol.